The lowest BCUT2D eigenvalue weighted by Gasteiger charge is -2.31. The molecule has 1 unspecified atom stereocenters. The molecule has 0 aromatic carbocycles. The molecule has 0 saturated heterocycles. The molecule has 0 aliphatic carbocycles. The smallest absolute Gasteiger partial charge is 0.326 e. The van der Waals surface area contributed by atoms with Gasteiger partial charge in [-0.25, -0.2) is 4.79 Å². The number of nitrogens with one attached hydrogen (secondary N) is 1. The number of hydrogen-bond acceptors (Lipinski definition) is 4. The second kappa shape index (κ2) is 5.84. The van der Waals surface area contributed by atoms with Crippen molar-refractivity contribution in [2.45, 2.75) is 52.7 Å². The maximum atomic E-state index is 11.7. The van der Waals surface area contributed by atoms with E-state index in [0.29, 0.717) is 6.41 Å². The third-order valence-electron chi connectivity index (χ3n) is 2.28. The van der Waals surface area contributed by atoms with Crippen LogP contribution >= 0.6 is 0 Å². The largest absolute Gasteiger partial charge is 0.480 e. The molecule has 0 spiro atoms. The Morgan fingerprint density at radius 2 is 1.78 bits per heavy atom. The third kappa shape index (κ3) is 5.65. The number of esters is 1. The first-order chi connectivity index (χ1) is 7.99. The van der Waals surface area contributed by atoms with Crippen LogP contribution in [0.1, 0.15) is 41.0 Å². The number of ether oxygens (including phenoxy) is 1. The Kier molecular flexibility index (Phi) is 5.32. The van der Waals surface area contributed by atoms with Gasteiger partial charge in [0.25, 0.3) is 0 Å². The van der Waals surface area contributed by atoms with E-state index in [0.717, 1.165) is 0 Å². The number of amides is 1. The quantitative estimate of drug-likeness (QED) is 0.547. The van der Waals surface area contributed by atoms with Crippen molar-refractivity contribution >= 4 is 18.3 Å². The van der Waals surface area contributed by atoms with E-state index in [-0.39, 0.29) is 6.42 Å². The number of aliphatic carboxylic acids is 1. The molecule has 6 heteroatoms. The predicted octanol–water partition coefficient (Wildman–Crippen LogP) is 0.944. The van der Waals surface area contributed by atoms with Crippen molar-refractivity contribution < 1.29 is 24.2 Å². The van der Waals surface area contributed by atoms with E-state index in [1.807, 2.05) is 0 Å². The highest BCUT2D eigenvalue weighted by Crippen LogP contribution is 2.27. The summed E-state index contributed by atoms with van der Waals surface area (Å²) in [6, 6.07) is -1.14. The zero-order valence-corrected chi connectivity index (χ0v) is 11.4. The minimum absolute atomic E-state index is 0.0952. The Hall–Kier alpha value is -1.59. The summed E-state index contributed by atoms with van der Waals surface area (Å²) < 4.78 is 5.13. The molecule has 0 aliphatic rings. The average molecular weight is 259 g/mol. The van der Waals surface area contributed by atoms with Crippen molar-refractivity contribution in [2.75, 3.05) is 0 Å². The molecule has 0 radical (unpaired) electrons. The van der Waals surface area contributed by atoms with Crippen LogP contribution in [0.25, 0.3) is 0 Å². The van der Waals surface area contributed by atoms with Crippen LogP contribution in [0.5, 0.6) is 0 Å². The molecule has 0 aliphatic heterocycles. The van der Waals surface area contributed by atoms with Crippen LogP contribution in [0.4, 0.5) is 0 Å². The zero-order valence-electron chi connectivity index (χ0n) is 11.4. The number of rotatable bonds is 6. The SMILES string of the molecule is CC(C)(C)OC(=O)CC(C)(C)C(NC=O)C(=O)O. The van der Waals surface area contributed by atoms with Crippen LogP contribution < -0.4 is 5.32 Å². The van der Waals surface area contributed by atoms with Crippen LogP contribution in [0.3, 0.4) is 0 Å². The molecule has 1 amide bonds. The lowest BCUT2D eigenvalue weighted by molar-refractivity contribution is -0.159. The van der Waals surface area contributed by atoms with Crippen molar-refractivity contribution in [3.05, 3.63) is 0 Å². The van der Waals surface area contributed by atoms with Gasteiger partial charge in [-0.3, -0.25) is 9.59 Å². The predicted molar refractivity (Wildman–Crippen MR) is 64.9 cm³/mol. The molecule has 0 fully saturated rings. The minimum atomic E-state index is -1.18. The summed E-state index contributed by atoms with van der Waals surface area (Å²) in [5.74, 6) is -1.68. The van der Waals surface area contributed by atoms with Gasteiger partial charge in [0.05, 0.1) is 6.42 Å². The molecule has 0 rings (SSSR count). The normalized spacial score (nSPS) is 13.6. The number of hydrogen-bond donors (Lipinski definition) is 2. The minimum Gasteiger partial charge on any atom is -0.480 e. The summed E-state index contributed by atoms with van der Waals surface area (Å²) in [6.07, 6.45) is 0.220. The zero-order chi connectivity index (χ0) is 14.6. The molecule has 0 heterocycles. The lowest BCUT2D eigenvalue weighted by Crippen LogP contribution is -2.48. The molecule has 104 valence electrons. The van der Waals surface area contributed by atoms with Crippen LogP contribution in [0, 0.1) is 5.41 Å². The summed E-state index contributed by atoms with van der Waals surface area (Å²) in [7, 11) is 0. The second-order valence-corrected chi connectivity index (χ2v) is 5.81. The van der Waals surface area contributed by atoms with E-state index in [9.17, 15) is 14.4 Å². The van der Waals surface area contributed by atoms with E-state index in [1.165, 1.54) is 0 Å². The Labute approximate surface area is 107 Å². The monoisotopic (exact) mass is 259 g/mol. The molecule has 0 aromatic heterocycles. The molecule has 2 N–H and O–H groups in total. The van der Waals surface area contributed by atoms with Gasteiger partial charge in [-0.1, -0.05) is 13.8 Å². The van der Waals surface area contributed by atoms with Crippen molar-refractivity contribution in [3.8, 4) is 0 Å². The summed E-state index contributed by atoms with van der Waals surface area (Å²) in [4.78, 5) is 33.1. The lowest BCUT2D eigenvalue weighted by atomic mass is 9.81. The first-order valence-electron chi connectivity index (χ1n) is 5.64. The highest BCUT2D eigenvalue weighted by atomic mass is 16.6. The summed E-state index contributed by atoms with van der Waals surface area (Å²) >= 11 is 0. The Morgan fingerprint density at radius 1 is 1.28 bits per heavy atom. The van der Waals surface area contributed by atoms with Crippen LogP contribution in [0.15, 0.2) is 0 Å². The fourth-order valence-corrected chi connectivity index (χ4v) is 1.55. The van der Waals surface area contributed by atoms with Crippen molar-refractivity contribution in [3.63, 3.8) is 0 Å². The molecule has 6 nitrogen and oxygen atoms in total. The number of carboxylic acid groups (broad SMARTS) is 1. The van der Waals surface area contributed by atoms with Gasteiger partial charge in [0.15, 0.2) is 0 Å². The van der Waals surface area contributed by atoms with Crippen molar-refractivity contribution in [2.24, 2.45) is 5.41 Å². The number of carbonyl (C=O) groups is 3. The van der Waals surface area contributed by atoms with Crippen molar-refractivity contribution in [1.29, 1.82) is 0 Å². The standard InChI is InChI=1S/C12H21NO5/c1-11(2,3)18-8(15)6-12(4,5)9(10(16)17)13-7-14/h7,9H,6H2,1-5H3,(H,13,14)(H,16,17). The molecule has 18 heavy (non-hydrogen) atoms. The molecule has 0 aromatic rings. The number of carboxylic acids is 1. The van der Waals surface area contributed by atoms with Gasteiger partial charge in [0, 0.05) is 5.41 Å². The average Bonchev–Trinajstić information content (AvgIpc) is 2.08. The highest BCUT2D eigenvalue weighted by molar-refractivity contribution is 5.79. The molecular weight excluding hydrogens is 238 g/mol. The number of carbonyl (C=O) groups excluding carboxylic acids is 2. The van der Waals surface area contributed by atoms with Gasteiger partial charge >= 0.3 is 11.9 Å². The Bertz CT molecular complexity index is 330. The van der Waals surface area contributed by atoms with E-state index in [4.69, 9.17) is 9.84 Å². The topological polar surface area (TPSA) is 92.7 Å². The fraction of sp³-hybridized carbons (Fsp3) is 0.750. The van der Waals surface area contributed by atoms with E-state index >= 15 is 0 Å². The molecule has 0 saturated carbocycles. The summed E-state index contributed by atoms with van der Waals surface area (Å²) in [6.45, 7) is 8.38. The second-order valence-electron chi connectivity index (χ2n) is 5.81. The summed E-state index contributed by atoms with van der Waals surface area (Å²) in [5.41, 5.74) is -1.56. The van der Waals surface area contributed by atoms with Gasteiger partial charge in [-0.2, -0.15) is 0 Å². The van der Waals surface area contributed by atoms with E-state index < -0.39 is 29.0 Å². The maximum absolute atomic E-state index is 11.7. The van der Waals surface area contributed by atoms with Crippen LogP contribution in [0.2, 0.25) is 0 Å². The Morgan fingerprint density at radius 3 is 2.11 bits per heavy atom. The molecular formula is C12H21NO5. The van der Waals surface area contributed by atoms with Gasteiger partial charge in [0.2, 0.25) is 6.41 Å². The van der Waals surface area contributed by atoms with Gasteiger partial charge < -0.3 is 15.2 Å². The van der Waals surface area contributed by atoms with Gasteiger partial charge in [-0.15, -0.1) is 0 Å². The molecule has 0 bridgehead atoms. The third-order valence-corrected chi connectivity index (χ3v) is 2.28. The fourth-order valence-electron chi connectivity index (χ4n) is 1.55. The Balaban J connectivity index is 4.75. The van der Waals surface area contributed by atoms with Gasteiger partial charge in [-0.05, 0) is 20.8 Å². The molecule has 1 atom stereocenters. The highest BCUT2D eigenvalue weighted by Gasteiger charge is 2.38. The van der Waals surface area contributed by atoms with Crippen molar-refractivity contribution in [1.82, 2.24) is 5.32 Å². The van der Waals surface area contributed by atoms with Gasteiger partial charge in [0.1, 0.15) is 11.6 Å². The maximum Gasteiger partial charge on any atom is 0.326 e. The first kappa shape index (κ1) is 16.4. The van der Waals surface area contributed by atoms with E-state index in [1.54, 1.807) is 34.6 Å². The van der Waals surface area contributed by atoms with Crippen LogP contribution in [-0.4, -0.2) is 35.1 Å². The van der Waals surface area contributed by atoms with E-state index in [2.05, 4.69) is 5.32 Å². The summed E-state index contributed by atoms with van der Waals surface area (Å²) in [5, 5.41) is 11.2. The first-order valence-corrected chi connectivity index (χ1v) is 5.64. The van der Waals surface area contributed by atoms with Crippen LogP contribution in [-0.2, 0) is 19.1 Å².